The highest BCUT2D eigenvalue weighted by Crippen LogP contribution is 2.12. The maximum Gasteiger partial charge on any atom is 0.311 e. The molecule has 26 heavy (non-hydrogen) atoms. The minimum Gasteiger partial charge on any atom is -0.427 e. The van der Waals surface area contributed by atoms with Crippen molar-refractivity contribution in [3.05, 3.63) is 42.5 Å². The van der Waals surface area contributed by atoms with E-state index in [1.807, 2.05) is 30.3 Å². The number of unbranched alkanes of at least 4 members (excludes halogenated alkanes) is 11. The monoisotopic (exact) mass is 358 g/mol. The van der Waals surface area contributed by atoms with Crippen molar-refractivity contribution in [2.75, 3.05) is 0 Å². The predicted octanol–water partition coefficient (Wildman–Crippen LogP) is 7.63. The average Bonchev–Trinajstić information content (AvgIpc) is 2.65. The van der Waals surface area contributed by atoms with Gasteiger partial charge in [0, 0.05) is 6.42 Å². The Balaban J connectivity index is 1.83. The standard InChI is InChI=1S/C24H38O2/c1-2-3-4-5-6-7-8-9-10-11-12-13-14-15-19-22-24(25)26-23-20-17-16-18-21-23/h9-10,16-18,20-21H,2-8,11-15,19,22H2,1H3/b10-9-. The molecule has 0 saturated heterocycles. The molecular formula is C24H38O2. The van der Waals surface area contributed by atoms with Crippen LogP contribution in [-0.2, 0) is 4.79 Å². The van der Waals surface area contributed by atoms with Crippen molar-refractivity contribution < 1.29 is 9.53 Å². The summed E-state index contributed by atoms with van der Waals surface area (Å²) in [5.41, 5.74) is 0. The van der Waals surface area contributed by atoms with Crippen LogP contribution in [0, 0.1) is 0 Å². The van der Waals surface area contributed by atoms with Crippen LogP contribution in [0.15, 0.2) is 42.5 Å². The molecule has 0 unspecified atom stereocenters. The lowest BCUT2D eigenvalue weighted by atomic mass is 10.1. The molecule has 0 aromatic heterocycles. The molecule has 0 bridgehead atoms. The maximum absolute atomic E-state index is 11.7. The lowest BCUT2D eigenvalue weighted by Gasteiger charge is -2.04. The van der Waals surface area contributed by atoms with Crippen molar-refractivity contribution in [1.82, 2.24) is 0 Å². The van der Waals surface area contributed by atoms with Gasteiger partial charge in [-0.25, -0.2) is 0 Å². The first-order chi connectivity index (χ1) is 12.8. The summed E-state index contributed by atoms with van der Waals surface area (Å²) in [5, 5.41) is 0. The number of hydrogen-bond donors (Lipinski definition) is 0. The van der Waals surface area contributed by atoms with Gasteiger partial charge in [0.1, 0.15) is 5.75 Å². The number of allylic oxidation sites excluding steroid dienone is 2. The molecular weight excluding hydrogens is 320 g/mol. The molecule has 0 fully saturated rings. The van der Waals surface area contributed by atoms with Crippen LogP contribution in [0.1, 0.15) is 96.8 Å². The van der Waals surface area contributed by atoms with E-state index in [0.29, 0.717) is 12.2 Å². The normalized spacial score (nSPS) is 11.1. The van der Waals surface area contributed by atoms with Gasteiger partial charge in [0.25, 0.3) is 0 Å². The zero-order valence-electron chi connectivity index (χ0n) is 16.8. The Morgan fingerprint density at radius 2 is 1.31 bits per heavy atom. The van der Waals surface area contributed by atoms with Gasteiger partial charge >= 0.3 is 5.97 Å². The number of esters is 1. The van der Waals surface area contributed by atoms with Gasteiger partial charge in [-0.1, -0.05) is 88.6 Å². The highest BCUT2D eigenvalue weighted by atomic mass is 16.5. The van der Waals surface area contributed by atoms with Crippen molar-refractivity contribution in [2.24, 2.45) is 0 Å². The van der Waals surface area contributed by atoms with Gasteiger partial charge in [-0.2, -0.15) is 0 Å². The number of carbonyl (C=O) groups excluding carboxylic acids is 1. The van der Waals surface area contributed by atoms with E-state index in [1.165, 1.54) is 70.6 Å². The van der Waals surface area contributed by atoms with Crippen LogP contribution in [0.3, 0.4) is 0 Å². The molecule has 0 heterocycles. The molecule has 0 saturated carbocycles. The topological polar surface area (TPSA) is 26.3 Å². The summed E-state index contributed by atoms with van der Waals surface area (Å²) in [4.78, 5) is 11.7. The molecule has 0 amide bonds. The van der Waals surface area contributed by atoms with Gasteiger partial charge in [0.2, 0.25) is 0 Å². The summed E-state index contributed by atoms with van der Waals surface area (Å²) in [6.07, 6.45) is 21.7. The van der Waals surface area contributed by atoms with E-state index in [4.69, 9.17) is 4.74 Å². The molecule has 2 heteroatoms. The van der Waals surface area contributed by atoms with E-state index in [-0.39, 0.29) is 5.97 Å². The third kappa shape index (κ3) is 13.7. The van der Waals surface area contributed by atoms with Crippen LogP contribution in [0.4, 0.5) is 0 Å². The first-order valence-corrected chi connectivity index (χ1v) is 10.7. The number of ether oxygens (including phenoxy) is 1. The van der Waals surface area contributed by atoms with E-state index in [1.54, 1.807) is 0 Å². The second-order valence-corrected chi connectivity index (χ2v) is 7.12. The zero-order valence-corrected chi connectivity index (χ0v) is 16.8. The highest BCUT2D eigenvalue weighted by Gasteiger charge is 2.03. The minimum atomic E-state index is -0.117. The van der Waals surface area contributed by atoms with Crippen molar-refractivity contribution in [3.8, 4) is 5.75 Å². The van der Waals surface area contributed by atoms with E-state index >= 15 is 0 Å². The van der Waals surface area contributed by atoms with Crippen LogP contribution in [-0.4, -0.2) is 5.97 Å². The van der Waals surface area contributed by atoms with Gasteiger partial charge in [-0.3, -0.25) is 4.79 Å². The lowest BCUT2D eigenvalue weighted by Crippen LogP contribution is -2.07. The van der Waals surface area contributed by atoms with Crippen molar-refractivity contribution in [1.29, 1.82) is 0 Å². The SMILES string of the molecule is CCCCCCCC/C=C\CCCCCCCC(=O)Oc1ccccc1. The molecule has 0 aliphatic rings. The first-order valence-electron chi connectivity index (χ1n) is 10.7. The highest BCUT2D eigenvalue weighted by molar-refractivity contribution is 5.72. The van der Waals surface area contributed by atoms with E-state index in [2.05, 4.69) is 19.1 Å². The maximum atomic E-state index is 11.7. The first kappa shape index (κ1) is 22.5. The van der Waals surface area contributed by atoms with Crippen LogP contribution in [0.2, 0.25) is 0 Å². The van der Waals surface area contributed by atoms with E-state index in [9.17, 15) is 4.79 Å². The van der Waals surface area contributed by atoms with Gasteiger partial charge in [-0.15, -0.1) is 0 Å². The Labute approximate surface area is 161 Å². The smallest absolute Gasteiger partial charge is 0.311 e. The molecule has 0 radical (unpaired) electrons. The zero-order chi connectivity index (χ0) is 18.7. The number of rotatable bonds is 16. The summed E-state index contributed by atoms with van der Waals surface area (Å²) in [6, 6.07) is 9.31. The van der Waals surface area contributed by atoms with E-state index in [0.717, 1.165) is 12.8 Å². The van der Waals surface area contributed by atoms with Crippen LogP contribution >= 0.6 is 0 Å². The molecule has 2 nitrogen and oxygen atoms in total. The fourth-order valence-corrected chi connectivity index (χ4v) is 3.01. The molecule has 1 aromatic rings. The number of carbonyl (C=O) groups is 1. The fraction of sp³-hybridized carbons (Fsp3) is 0.625. The summed E-state index contributed by atoms with van der Waals surface area (Å²) < 4.78 is 5.29. The molecule has 0 atom stereocenters. The van der Waals surface area contributed by atoms with Crippen LogP contribution in [0.5, 0.6) is 5.75 Å². The molecule has 0 aliphatic carbocycles. The third-order valence-electron chi connectivity index (χ3n) is 4.62. The molecule has 0 aliphatic heterocycles. The Bertz CT molecular complexity index is 464. The second-order valence-electron chi connectivity index (χ2n) is 7.12. The summed E-state index contributed by atoms with van der Waals surface area (Å²) in [7, 11) is 0. The fourth-order valence-electron chi connectivity index (χ4n) is 3.01. The summed E-state index contributed by atoms with van der Waals surface area (Å²) in [6.45, 7) is 2.27. The van der Waals surface area contributed by atoms with Gasteiger partial charge in [-0.05, 0) is 44.2 Å². The summed E-state index contributed by atoms with van der Waals surface area (Å²) >= 11 is 0. The molecule has 0 N–H and O–H groups in total. The molecule has 0 spiro atoms. The Kier molecular flexibility index (Phi) is 14.6. The van der Waals surface area contributed by atoms with Crippen LogP contribution in [0.25, 0.3) is 0 Å². The quantitative estimate of drug-likeness (QED) is 0.131. The van der Waals surface area contributed by atoms with Crippen LogP contribution < -0.4 is 4.74 Å². The van der Waals surface area contributed by atoms with Gasteiger partial charge in [0.15, 0.2) is 0 Å². The predicted molar refractivity (Wildman–Crippen MR) is 112 cm³/mol. The molecule has 146 valence electrons. The number of benzene rings is 1. The minimum absolute atomic E-state index is 0.117. The van der Waals surface area contributed by atoms with Gasteiger partial charge in [0.05, 0.1) is 0 Å². The van der Waals surface area contributed by atoms with Crippen molar-refractivity contribution in [2.45, 2.75) is 96.8 Å². The second kappa shape index (κ2) is 16.9. The van der Waals surface area contributed by atoms with Crippen molar-refractivity contribution in [3.63, 3.8) is 0 Å². The Morgan fingerprint density at radius 1 is 0.769 bits per heavy atom. The van der Waals surface area contributed by atoms with Gasteiger partial charge < -0.3 is 4.74 Å². The lowest BCUT2D eigenvalue weighted by molar-refractivity contribution is -0.134. The Morgan fingerprint density at radius 3 is 1.92 bits per heavy atom. The molecule has 1 rings (SSSR count). The number of para-hydroxylation sites is 1. The number of hydrogen-bond acceptors (Lipinski definition) is 2. The van der Waals surface area contributed by atoms with E-state index < -0.39 is 0 Å². The van der Waals surface area contributed by atoms with Crippen molar-refractivity contribution >= 4 is 5.97 Å². The molecule has 1 aromatic carbocycles. The third-order valence-corrected chi connectivity index (χ3v) is 4.62. The summed E-state index contributed by atoms with van der Waals surface area (Å²) in [5.74, 6) is 0.527. The largest absolute Gasteiger partial charge is 0.427 e. The Hall–Kier alpha value is -1.57. The average molecular weight is 359 g/mol.